The van der Waals surface area contributed by atoms with E-state index in [4.69, 9.17) is 18.0 Å². The van der Waals surface area contributed by atoms with Crippen molar-refractivity contribution in [3.63, 3.8) is 0 Å². The second kappa shape index (κ2) is 5.41. The predicted molar refractivity (Wildman–Crippen MR) is 87.7 cm³/mol. The molecule has 1 saturated carbocycles. The van der Waals surface area contributed by atoms with Crippen LogP contribution in [0.15, 0.2) is 22.7 Å². The van der Waals surface area contributed by atoms with Crippen LogP contribution in [0.5, 0.6) is 0 Å². The van der Waals surface area contributed by atoms with E-state index in [1.165, 1.54) is 37.8 Å². The Morgan fingerprint density at radius 3 is 2.84 bits per heavy atom. The number of rotatable bonds is 2. The number of hydrogen-bond acceptors (Lipinski definition) is 2. The van der Waals surface area contributed by atoms with Crippen LogP contribution in [0, 0.1) is 5.92 Å². The van der Waals surface area contributed by atoms with E-state index in [9.17, 15) is 0 Å². The standard InChI is InChI=1S/C15H19BrN2S/c16-11-5-3-7-13(14(11)15(17)19)18-9-8-10-4-1-2-6-12(10)18/h3,5,7,10,12H,1-2,4,6,8-9H2,(H2,17,19). The maximum absolute atomic E-state index is 5.93. The van der Waals surface area contributed by atoms with Gasteiger partial charge in [0.25, 0.3) is 0 Å². The van der Waals surface area contributed by atoms with E-state index in [1.54, 1.807) is 0 Å². The summed E-state index contributed by atoms with van der Waals surface area (Å²) in [5, 5.41) is 0. The number of thiocarbonyl (C=S) groups is 1. The fourth-order valence-electron chi connectivity index (χ4n) is 3.70. The van der Waals surface area contributed by atoms with Crippen molar-refractivity contribution in [1.29, 1.82) is 0 Å². The molecular weight excluding hydrogens is 320 g/mol. The van der Waals surface area contributed by atoms with Gasteiger partial charge in [-0.1, -0.05) is 31.1 Å². The average Bonchev–Trinajstić information content (AvgIpc) is 2.81. The Morgan fingerprint density at radius 2 is 2.05 bits per heavy atom. The first-order valence-electron chi connectivity index (χ1n) is 7.03. The lowest BCUT2D eigenvalue weighted by Crippen LogP contribution is -2.36. The molecule has 2 nitrogen and oxygen atoms in total. The summed E-state index contributed by atoms with van der Waals surface area (Å²) in [5.74, 6) is 0.868. The Labute approximate surface area is 128 Å². The average molecular weight is 339 g/mol. The molecule has 0 bridgehead atoms. The summed E-state index contributed by atoms with van der Waals surface area (Å²) in [6, 6.07) is 6.95. The predicted octanol–water partition coefficient (Wildman–Crippen LogP) is 3.85. The maximum Gasteiger partial charge on any atom is 0.107 e. The monoisotopic (exact) mass is 338 g/mol. The van der Waals surface area contributed by atoms with E-state index in [0.29, 0.717) is 11.0 Å². The maximum atomic E-state index is 5.93. The van der Waals surface area contributed by atoms with E-state index in [-0.39, 0.29) is 0 Å². The molecule has 0 aromatic heterocycles. The van der Waals surface area contributed by atoms with Gasteiger partial charge in [-0.25, -0.2) is 0 Å². The lowest BCUT2D eigenvalue weighted by atomic mass is 9.85. The minimum atomic E-state index is 0.488. The summed E-state index contributed by atoms with van der Waals surface area (Å²) in [4.78, 5) is 3.03. The molecule has 1 aromatic carbocycles. The van der Waals surface area contributed by atoms with Gasteiger partial charge in [0.15, 0.2) is 0 Å². The van der Waals surface area contributed by atoms with Gasteiger partial charge < -0.3 is 10.6 Å². The lowest BCUT2D eigenvalue weighted by molar-refractivity contribution is 0.342. The summed E-state index contributed by atoms with van der Waals surface area (Å²) in [6.07, 6.45) is 6.77. The van der Waals surface area contributed by atoms with Gasteiger partial charge >= 0.3 is 0 Å². The summed E-state index contributed by atoms with van der Waals surface area (Å²) in [5.41, 5.74) is 8.15. The van der Waals surface area contributed by atoms with Gasteiger partial charge in [-0.3, -0.25) is 0 Å². The number of fused-ring (bicyclic) bond motifs is 1. The SMILES string of the molecule is NC(=S)c1c(Br)cccc1N1CCC2CCCCC21. The molecule has 1 aliphatic heterocycles. The molecule has 3 rings (SSSR count). The Balaban J connectivity index is 1.98. The quantitative estimate of drug-likeness (QED) is 0.830. The second-order valence-electron chi connectivity index (χ2n) is 5.59. The second-order valence-corrected chi connectivity index (χ2v) is 6.89. The van der Waals surface area contributed by atoms with Crippen LogP contribution in [0.1, 0.15) is 37.7 Å². The Kier molecular flexibility index (Phi) is 3.81. The third-order valence-electron chi connectivity index (χ3n) is 4.56. The van der Waals surface area contributed by atoms with Crippen LogP contribution in [0.3, 0.4) is 0 Å². The molecule has 0 spiro atoms. The van der Waals surface area contributed by atoms with Crippen molar-refractivity contribution in [2.75, 3.05) is 11.4 Å². The van der Waals surface area contributed by atoms with E-state index < -0.39 is 0 Å². The molecule has 1 aliphatic carbocycles. The van der Waals surface area contributed by atoms with Crippen molar-refractivity contribution < 1.29 is 0 Å². The van der Waals surface area contributed by atoms with E-state index in [1.807, 2.05) is 6.07 Å². The first kappa shape index (κ1) is 13.4. The number of anilines is 1. The van der Waals surface area contributed by atoms with Crippen molar-refractivity contribution in [2.45, 2.75) is 38.1 Å². The van der Waals surface area contributed by atoms with Crippen LogP contribution in [0.25, 0.3) is 0 Å². The summed E-state index contributed by atoms with van der Waals surface area (Å²) >= 11 is 8.83. The van der Waals surface area contributed by atoms with Gasteiger partial charge in [-0.2, -0.15) is 0 Å². The summed E-state index contributed by atoms with van der Waals surface area (Å²) in [7, 11) is 0. The molecular formula is C15H19BrN2S. The molecule has 0 amide bonds. The first-order chi connectivity index (χ1) is 9.18. The van der Waals surface area contributed by atoms with Gasteiger partial charge in [0, 0.05) is 28.3 Å². The van der Waals surface area contributed by atoms with Crippen LogP contribution in [0.4, 0.5) is 5.69 Å². The zero-order valence-electron chi connectivity index (χ0n) is 10.9. The molecule has 19 heavy (non-hydrogen) atoms. The lowest BCUT2D eigenvalue weighted by Gasteiger charge is -2.34. The number of nitrogens with zero attached hydrogens (tertiary/aromatic N) is 1. The van der Waals surface area contributed by atoms with Gasteiger partial charge in [-0.05, 0) is 53.2 Å². The molecule has 2 unspecified atom stereocenters. The molecule has 2 aliphatic rings. The van der Waals surface area contributed by atoms with Gasteiger partial charge in [0.1, 0.15) is 4.99 Å². The third-order valence-corrected chi connectivity index (χ3v) is 5.42. The highest BCUT2D eigenvalue weighted by atomic mass is 79.9. The van der Waals surface area contributed by atoms with Gasteiger partial charge in [-0.15, -0.1) is 0 Å². The van der Waals surface area contributed by atoms with Crippen molar-refractivity contribution >= 4 is 38.8 Å². The highest BCUT2D eigenvalue weighted by molar-refractivity contribution is 9.10. The van der Waals surface area contributed by atoms with Crippen LogP contribution in [0.2, 0.25) is 0 Å². The summed E-state index contributed by atoms with van der Waals surface area (Å²) < 4.78 is 1.01. The molecule has 1 aromatic rings. The van der Waals surface area contributed by atoms with Crippen molar-refractivity contribution in [1.82, 2.24) is 0 Å². The smallest absolute Gasteiger partial charge is 0.107 e. The van der Waals surface area contributed by atoms with E-state index in [2.05, 4.69) is 33.0 Å². The van der Waals surface area contributed by atoms with Crippen LogP contribution in [-0.4, -0.2) is 17.6 Å². The van der Waals surface area contributed by atoms with Gasteiger partial charge in [0.2, 0.25) is 0 Å². The molecule has 2 fully saturated rings. The molecule has 4 heteroatoms. The molecule has 2 atom stereocenters. The Morgan fingerprint density at radius 1 is 1.26 bits per heavy atom. The fraction of sp³-hybridized carbons (Fsp3) is 0.533. The van der Waals surface area contributed by atoms with E-state index >= 15 is 0 Å². The third kappa shape index (κ3) is 2.40. The first-order valence-corrected chi connectivity index (χ1v) is 8.23. The Bertz CT molecular complexity index is 503. The number of hydrogen-bond donors (Lipinski definition) is 1. The largest absolute Gasteiger partial charge is 0.389 e. The zero-order chi connectivity index (χ0) is 13.4. The Hall–Kier alpha value is -0.610. The number of nitrogens with two attached hydrogens (primary N) is 1. The van der Waals surface area contributed by atoms with Crippen molar-refractivity contribution in [2.24, 2.45) is 11.7 Å². The molecule has 2 N–H and O–H groups in total. The highest BCUT2D eigenvalue weighted by Gasteiger charge is 2.36. The van der Waals surface area contributed by atoms with E-state index in [0.717, 1.165) is 22.5 Å². The molecule has 0 radical (unpaired) electrons. The zero-order valence-corrected chi connectivity index (χ0v) is 13.3. The van der Waals surface area contributed by atoms with Crippen LogP contribution < -0.4 is 10.6 Å². The topological polar surface area (TPSA) is 29.3 Å². The minimum absolute atomic E-state index is 0.488. The summed E-state index contributed by atoms with van der Waals surface area (Å²) in [6.45, 7) is 1.14. The van der Waals surface area contributed by atoms with Gasteiger partial charge in [0.05, 0.1) is 0 Å². The molecule has 1 saturated heterocycles. The van der Waals surface area contributed by atoms with Crippen LogP contribution >= 0.6 is 28.1 Å². The normalized spacial score (nSPS) is 26.3. The molecule has 1 heterocycles. The molecule has 102 valence electrons. The fourth-order valence-corrected chi connectivity index (χ4v) is 4.62. The number of halogens is 1. The number of benzene rings is 1. The van der Waals surface area contributed by atoms with Crippen molar-refractivity contribution in [3.8, 4) is 0 Å². The van der Waals surface area contributed by atoms with Crippen molar-refractivity contribution in [3.05, 3.63) is 28.2 Å². The van der Waals surface area contributed by atoms with Crippen LogP contribution in [-0.2, 0) is 0 Å². The minimum Gasteiger partial charge on any atom is -0.389 e. The highest BCUT2D eigenvalue weighted by Crippen LogP contribution is 2.41.